The topological polar surface area (TPSA) is 41.3 Å². The second kappa shape index (κ2) is 7.25. The van der Waals surface area contributed by atoms with Crippen LogP contribution < -0.4 is 0 Å². The Kier molecular flexibility index (Phi) is 5.86. The van der Waals surface area contributed by atoms with E-state index < -0.39 is 5.60 Å². The number of aliphatic hydroxyl groups is 1. The monoisotopic (exact) mass is 357 g/mol. The standard InChI is InChI=1S/C16H28BrN3O/c1-4-5-13-6-8-16(21,9-7-13)15-14(17)12-18-20(15)11-10-19(2)3/h12-13,21H,4-11H2,1-3H3. The molecular weight excluding hydrogens is 330 g/mol. The fraction of sp³-hybridized carbons (Fsp3) is 0.812. The number of nitrogens with zero attached hydrogens (tertiary/aromatic N) is 3. The zero-order valence-corrected chi connectivity index (χ0v) is 15.1. The minimum Gasteiger partial charge on any atom is -0.384 e. The molecule has 1 N–H and O–H groups in total. The van der Waals surface area contributed by atoms with Gasteiger partial charge in [-0.25, -0.2) is 0 Å². The highest BCUT2D eigenvalue weighted by atomic mass is 79.9. The fourth-order valence-corrected chi connectivity index (χ4v) is 4.04. The summed E-state index contributed by atoms with van der Waals surface area (Å²) in [5.41, 5.74) is 0.255. The van der Waals surface area contributed by atoms with Crippen molar-refractivity contribution in [3.05, 3.63) is 16.4 Å². The highest BCUT2D eigenvalue weighted by Gasteiger charge is 2.38. The molecule has 0 spiro atoms. The molecule has 4 nitrogen and oxygen atoms in total. The van der Waals surface area contributed by atoms with E-state index >= 15 is 0 Å². The van der Waals surface area contributed by atoms with Crippen molar-refractivity contribution in [1.82, 2.24) is 14.7 Å². The first-order chi connectivity index (χ1) is 9.96. The number of aromatic nitrogens is 2. The van der Waals surface area contributed by atoms with Gasteiger partial charge in [0.1, 0.15) is 5.60 Å². The molecule has 0 atom stereocenters. The van der Waals surface area contributed by atoms with Crippen molar-refractivity contribution >= 4 is 15.9 Å². The molecule has 0 bridgehead atoms. The smallest absolute Gasteiger partial charge is 0.107 e. The van der Waals surface area contributed by atoms with Gasteiger partial charge in [-0.1, -0.05) is 19.8 Å². The normalized spacial score (nSPS) is 26.5. The minimum atomic E-state index is -0.716. The van der Waals surface area contributed by atoms with E-state index in [2.05, 4.69) is 46.9 Å². The van der Waals surface area contributed by atoms with E-state index in [-0.39, 0.29) is 0 Å². The quantitative estimate of drug-likeness (QED) is 0.848. The summed E-state index contributed by atoms with van der Waals surface area (Å²) < 4.78 is 2.92. The van der Waals surface area contributed by atoms with Crippen LogP contribution in [0.5, 0.6) is 0 Å². The van der Waals surface area contributed by atoms with Crippen molar-refractivity contribution < 1.29 is 5.11 Å². The second-order valence-electron chi connectivity index (χ2n) is 6.63. The van der Waals surface area contributed by atoms with E-state index in [4.69, 9.17) is 0 Å². The summed E-state index contributed by atoms with van der Waals surface area (Å²) in [7, 11) is 4.12. The van der Waals surface area contributed by atoms with E-state index in [1.54, 1.807) is 0 Å². The molecule has 0 aliphatic heterocycles. The number of hydrogen-bond acceptors (Lipinski definition) is 3. The van der Waals surface area contributed by atoms with Crippen LogP contribution in [0.2, 0.25) is 0 Å². The molecule has 21 heavy (non-hydrogen) atoms. The third kappa shape index (κ3) is 4.08. The Hall–Kier alpha value is -0.390. The summed E-state index contributed by atoms with van der Waals surface area (Å²) in [6.45, 7) is 3.98. The van der Waals surface area contributed by atoms with Crippen LogP contribution in [-0.2, 0) is 12.1 Å². The highest BCUT2D eigenvalue weighted by Crippen LogP contribution is 2.43. The maximum Gasteiger partial charge on any atom is 0.107 e. The van der Waals surface area contributed by atoms with E-state index in [1.807, 2.05) is 10.9 Å². The molecule has 1 aromatic heterocycles. The SMILES string of the molecule is CCCC1CCC(O)(c2c(Br)cnn2CCN(C)C)CC1. The lowest BCUT2D eigenvalue weighted by Gasteiger charge is -2.36. The van der Waals surface area contributed by atoms with Gasteiger partial charge in [0, 0.05) is 6.54 Å². The molecule has 1 fully saturated rings. The fourth-order valence-electron chi connectivity index (χ4n) is 3.38. The molecule has 1 heterocycles. The lowest BCUT2D eigenvalue weighted by molar-refractivity contribution is -0.0235. The van der Waals surface area contributed by atoms with Crippen LogP contribution >= 0.6 is 15.9 Å². The van der Waals surface area contributed by atoms with Gasteiger partial charge in [0.15, 0.2) is 0 Å². The zero-order valence-electron chi connectivity index (χ0n) is 13.5. The van der Waals surface area contributed by atoms with E-state index in [9.17, 15) is 5.11 Å². The minimum absolute atomic E-state index is 0.716. The molecule has 1 aliphatic rings. The average Bonchev–Trinajstić information content (AvgIpc) is 2.81. The van der Waals surface area contributed by atoms with Crippen LogP contribution in [0.25, 0.3) is 0 Å². The first-order valence-electron chi connectivity index (χ1n) is 8.05. The van der Waals surface area contributed by atoms with Gasteiger partial charge < -0.3 is 10.0 Å². The molecule has 1 aliphatic carbocycles. The lowest BCUT2D eigenvalue weighted by Crippen LogP contribution is -2.35. The molecule has 1 aromatic rings. The molecule has 1 saturated carbocycles. The molecule has 120 valence electrons. The summed E-state index contributed by atoms with van der Waals surface area (Å²) in [4.78, 5) is 2.14. The third-order valence-electron chi connectivity index (χ3n) is 4.62. The molecule has 0 unspecified atom stereocenters. The molecule has 2 rings (SSSR count). The molecule has 0 saturated heterocycles. The van der Waals surface area contributed by atoms with Crippen molar-refractivity contribution in [3.8, 4) is 0 Å². The molecular formula is C16H28BrN3O. The first kappa shape index (κ1) is 17.0. The summed E-state index contributed by atoms with van der Waals surface area (Å²) >= 11 is 3.58. The molecule has 0 aromatic carbocycles. The predicted octanol–water partition coefficient (Wildman–Crippen LogP) is 3.39. The van der Waals surface area contributed by atoms with E-state index in [0.29, 0.717) is 0 Å². The summed E-state index contributed by atoms with van der Waals surface area (Å²) in [6, 6.07) is 0. The maximum atomic E-state index is 11.1. The van der Waals surface area contributed by atoms with Crippen LogP contribution in [0.4, 0.5) is 0 Å². The lowest BCUT2D eigenvalue weighted by atomic mass is 9.75. The van der Waals surface area contributed by atoms with E-state index in [0.717, 1.165) is 54.9 Å². The average molecular weight is 358 g/mol. The van der Waals surface area contributed by atoms with Crippen molar-refractivity contribution in [2.24, 2.45) is 5.92 Å². The Labute approximate surface area is 136 Å². The summed E-state index contributed by atoms with van der Waals surface area (Å²) in [5, 5.41) is 15.6. The second-order valence-corrected chi connectivity index (χ2v) is 7.49. The van der Waals surface area contributed by atoms with E-state index in [1.165, 1.54) is 12.8 Å². The van der Waals surface area contributed by atoms with Crippen molar-refractivity contribution in [3.63, 3.8) is 0 Å². The Morgan fingerprint density at radius 2 is 2.10 bits per heavy atom. The van der Waals surface area contributed by atoms with Crippen LogP contribution in [0.3, 0.4) is 0 Å². The zero-order chi connectivity index (χ0) is 15.5. The van der Waals surface area contributed by atoms with Gasteiger partial charge in [0.05, 0.1) is 22.9 Å². The molecule has 0 amide bonds. The maximum absolute atomic E-state index is 11.1. The van der Waals surface area contributed by atoms with Crippen molar-refractivity contribution in [2.75, 3.05) is 20.6 Å². The van der Waals surface area contributed by atoms with Crippen LogP contribution in [0, 0.1) is 5.92 Å². The predicted molar refractivity (Wildman–Crippen MR) is 89.2 cm³/mol. The van der Waals surface area contributed by atoms with Gasteiger partial charge in [0.25, 0.3) is 0 Å². The first-order valence-corrected chi connectivity index (χ1v) is 8.84. The Morgan fingerprint density at radius 3 is 2.67 bits per heavy atom. The highest BCUT2D eigenvalue weighted by molar-refractivity contribution is 9.10. The van der Waals surface area contributed by atoms with Gasteiger partial charge in [0.2, 0.25) is 0 Å². The summed E-state index contributed by atoms with van der Waals surface area (Å²) in [5.74, 6) is 0.784. The third-order valence-corrected chi connectivity index (χ3v) is 5.20. The Morgan fingerprint density at radius 1 is 1.43 bits per heavy atom. The number of likely N-dealkylation sites (N-methyl/N-ethyl adjacent to an activating group) is 1. The van der Waals surface area contributed by atoms with Crippen LogP contribution in [-0.4, -0.2) is 40.4 Å². The summed E-state index contributed by atoms with van der Waals surface area (Å²) in [6.07, 6.45) is 8.30. The van der Waals surface area contributed by atoms with Gasteiger partial charge >= 0.3 is 0 Å². The molecule has 5 heteroatoms. The van der Waals surface area contributed by atoms with Gasteiger partial charge in [-0.2, -0.15) is 5.10 Å². The van der Waals surface area contributed by atoms with Crippen molar-refractivity contribution in [1.29, 1.82) is 0 Å². The Bertz CT molecular complexity index is 450. The van der Waals surface area contributed by atoms with Gasteiger partial charge in [-0.05, 0) is 61.6 Å². The van der Waals surface area contributed by atoms with Crippen LogP contribution in [0.1, 0.15) is 51.1 Å². The van der Waals surface area contributed by atoms with Gasteiger partial charge in [-0.3, -0.25) is 4.68 Å². The molecule has 0 radical (unpaired) electrons. The Balaban J connectivity index is 2.11. The number of halogens is 1. The van der Waals surface area contributed by atoms with Gasteiger partial charge in [-0.15, -0.1) is 0 Å². The number of hydrogen-bond donors (Lipinski definition) is 1. The van der Waals surface area contributed by atoms with Crippen LogP contribution in [0.15, 0.2) is 10.7 Å². The van der Waals surface area contributed by atoms with Crippen molar-refractivity contribution in [2.45, 2.75) is 57.6 Å². The number of rotatable bonds is 6. The largest absolute Gasteiger partial charge is 0.384 e.